The van der Waals surface area contributed by atoms with E-state index in [1.807, 2.05) is 6.92 Å². The minimum atomic E-state index is -3.09. The Bertz CT molecular complexity index is 505. The van der Waals surface area contributed by atoms with E-state index in [4.69, 9.17) is 11.6 Å². The van der Waals surface area contributed by atoms with Crippen LogP contribution in [0.5, 0.6) is 0 Å². The number of likely N-dealkylation sites (N-methyl/N-ethyl adjacent to an activating group) is 1. The molecule has 1 rings (SSSR count). The summed E-state index contributed by atoms with van der Waals surface area (Å²) in [6.07, 6.45) is 1.57. The van der Waals surface area contributed by atoms with Gasteiger partial charge in [0.25, 0.3) is 0 Å². The molecule has 0 aliphatic rings. The molecule has 0 aromatic heterocycles. The van der Waals surface area contributed by atoms with Gasteiger partial charge in [-0.25, -0.2) is 12.8 Å². The molecule has 1 atom stereocenters. The zero-order valence-corrected chi connectivity index (χ0v) is 12.0. The monoisotopic (exact) mass is 293 g/mol. The molecular weight excluding hydrogens is 277 g/mol. The van der Waals surface area contributed by atoms with Crippen molar-refractivity contribution in [3.63, 3.8) is 0 Å². The van der Waals surface area contributed by atoms with Crippen molar-refractivity contribution >= 4 is 21.4 Å². The highest BCUT2D eigenvalue weighted by Gasteiger charge is 2.17. The van der Waals surface area contributed by atoms with Crippen molar-refractivity contribution in [3.05, 3.63) is 34.6 Å². The molecule has 0 saturated carbocycles. The minimum absolute atomic E-state index is 0.00762. The van der Waals surface area contributed by atoms with Gasteiger partial charge in [-0.1, -0.05) is 30.7 Å². The van der Waals surface area contributed by atoms with Gasteiger partial charge in [-0.3, -0.25) is 0 Å². The van der Waals surface area contributed by atoms with Crippen LogP contribution in [-0.4, -0.2) is 33.0 Å². The smallest absolute Gasteiger partial charge is 0.148 e. The van der Waals surface area contributed by atoms with E-state index >= 15 is 0 Å². The standard InChI is InChI=1S/C12H17ClFNO2S/c1-3-15-10(8-18(2,16)17)7-9-5-4-6-11(14)12(9)13/h4-6,10,15H,3,7-8H2,1-2H3. The summed E-state index contributed by atoms with van der Waals surface area (Å²) in [5.74, 6) is -0.475. The highest BCUT2D eigenvalue weighted by molar-refractivity contribution is 7.90. The molecule has 102 valence electrons. The number of halogens is 2. The molecule has 0 amide bonds. The van der Waals surface area contributed by atoms with Crippen molar-refractivity contribution in [2.45, 2.75) is 19.4 Å². The Morgan fingerprint density at radius 1 is 1.44 bits per heavy atom. The zero-order chi connectivity index (χ0) is 13.8. The van der Waals surface area contributed by atoms with Crippen LogP contribution in [0.4, 0.5) is 4.39 Å². The Kier molecular flexibility index (Phi) is 5.56. The molecule has 1 unspecified atom stereocenters. The van der Waals surface area contributed by atoms with Gasteiger partial charge in [0.15, 0.2) is 0 Å². The van der Waals surface area contributed by atoms with Crippen LogP contribution in [0.3, 0.4) is 0 Å². The Labute approximate surface area is 112 Å². The summed E-state index contributed by atoms with van der Waals surface area (Å²) < 4.78 is 35.9. The van der Waals surface area contributed by atoms with Crippen LogP contribution >= 0.6 is 11.6 Å². The van der Waals surface area contributed by atoms with E-state index < -0.39 is 15.7 Å². The first-order valence-electron chi connectivity index (χ1n) is 5.67. The van der Waals surface area contributed by atoms with Crippen LogP contribution in [0.25, 0.3) is 0 Å². The molecule has 6 heteroatoms. The maximum absolute atomic E-state index is 13.3. The van der Waals surface area contributed by atoms with Crippen LogP contribution in [0.15, 0.2) is 18.2 Å². The Balaban J connectivity index is 2.86. The van der Waals surface area contributed by atoms with Crippen molar-refractivity contribution in [2.24, 2.45) is 0 Å². The average Bonchev–Trinajstić information content (AvgIpc) is 2.23. The van der Waals surface area contributed by atoms with Crippen molar-refractivity contribution in [2.75, 3.05) is 18.6 Å². The number of nitrogens with one attached hydrogen (secondary N) is 1. The second-order valence-electron chi connectivity index (χ2n) is 4.26. The highest BCUT2D eigenvalue weighted by Crippen LogP contribution is 2.21. The zero-order valence-electron chi connectivity index (χ0n) is 10.4. The first-order valence-corrected chi connectivity index (χ1v) is 8.11. The molecule has 1 N–H and O–H groups in total. The van der Waals surface area contributed by atoms with Crippen molar-refractivity contribution in [3.8, 4) is 0 Å². The molecule has 3 nitrogen and oxygen atoms in total. The third-order valence-electron chi connectivity index (χ3n) is 2.49. The molecule has 0 radical (unpaired) electrons. The number of hydrogen-bond acceptors (Lipinski definition) is 3. The van der Waals surface area contributed by atoms with E-state index in [1.165, 1.54) is 12.3 Å². The molecule has 0 saturated heterocycles. The van der Waals surface area contributed by atoms with Gasteiger partial charge in [0, 0.05) is 12.3 Å². The van der Waals surface area contributed by atoms with E-state index in [0.29, 0.717) is 18.5 Å². The topological polar surface area (TPSA) is 46.2 Å². The molecule has 0 fully saturated rings. The van der Waals surface area contributed by atoms with E-state index in [2.05, 4.69) is 5.32 Å². The molecule has 0 aliphatic carbocycles. The molecule has 0 aliphatic heterocycles. The largest absolute Gasteiger partial charge is 0.313 e. The average molecular weight is 294 g/mol. The van der Waals surface area contributed by atoms with Gasteiger partial charge >= 0.3 is 0 Å². The lowest BCUT2D eigenvalue weighted by molar-refractivity contribution is 0.543. The highest BCUT2D eigenvalue weighted by atomic mass is 35.5. The van der Waals surface area contributed by atoms with Gasteiger partial charge in [-0.15, -0.1) is 0 Å². The summed E-state index contributed by atoms with van der Waals surface area (Å²) >= 11 is 5.86. The maximum Gasteiger partial charge on any atom is 0.148 e. The van der Waals surface area contributed by atoms with E-state index in [9.17, 15) is 12.8 Å². The molecule has 18 heavy (non-hydrogen) atoms. The fraction of sp³-hybridized carbons (Fsp3) is 0.500. The number of sulfone groups is 1. The third kappa shape index (κ3) is 4.92. The first-order chi connectivity index (χ1) is 8.33. The number of rotatable bonds is 6. The summed E-state index contributed by atoms with van der Waals surface area (Å²) in [6, 6.07) is 4.30. The van der Waals surface area contributed by atoms with Crippen molar-refractivity contribution in [1.29, 1.82) is 0 Å². The fourth-order valence-corrected chi connectivity index (χ4v) is 2.99. The lowest BCUT2D eigenvalue weighted by atomic mass is 10.1. The second kappa shape index (κ2) is 6.50. The molecule has 1 aromatic rings. The van der Waals surface area contributed by atoms with Gasteiger partial charge in [0.1, 0.15) is 15.7 Å². The van der Waals surface area contributed by atoms with Crippen molar-refractivity contribution < 1.29 is 12.8 Å². The predicted octanol–water partition coefficient (Wildman–Crippen LogP) is 2.04. The van der Waals surface area contributed by atoms with Crippen LogP contribution in [0, 0.1) is 5.82 Å². The quantitative estimate of drug-likeness (QED) is 0.873. The second-order valence-corrected chi connectivity index (χ2v) is 6.83. The Hall–Kier alpha value is -0.650. The van der Waals surface area contributed by atoms with Gasteiger partial charge in [0.05, 0.1) is 10.8 Å². The third-order valence-corrected chi connectivity index (χ3v) is 3.93. The number of hydrogen-bond donors (Lipinski definition) is 1. The fourth-order valence-electron chi connectivity index (χ4n) is 1.82. The predicted molar refractivity (Wildman–Crippen MR) is 72.3 cm³/mol. The molecule has 0 bridgehead atoms. The van der Waals surface area contributed by atoms with E-state index in [-0.39, 0.29) is 16.8 Å². The van der Waals surface area contributed by atoms with Gasteiger partial charge in [-0.2, -0.15) is 0 Å². The van der Waals surface area contributed by atoms with Gasteiger partial charge in [-0.05, 0) is 24.6 Å². The van der Waals surface area contributed by atoms with Crippen LogP contribution in [0.2, 0.25) is 5.02 Å². The normalized spacial score (nSPS) is 13.6. The Morgan fingerprint density at radius 2 is 2.11 bits per heavy atom. The van der Waals surface area contributed by atoms with E-state index in [1.54, 1.807) is 12.1 Å². The molecule has 1 aromatic carbocycles. The summed E-state index contributed by atoms with van der Waals surface area (Å²) in [6.45, 7) is 2.54. The number of benzene rings is 1. The lowest BCUT2D eigenvalue weighted by Crippen LogP contribution is -2.37. The van der Waals surface area contributed by atoms with Gasteiger partial charge in [0.2, 0.25) is 0 Å². The van der Waals surface area contributed by atoms with Crippen LogP contribution < -0.4 is 5.32 Å². The Morgan fingerprint density at radius 3 is 2.67 bits per heavy atom. The maximum atomic E-state index is 13.3. The summed E-state index contributed by atoms with van der Waals surface area (Å²) in [7, 11) is -3.09. The summed E-state index contributed by atoms with van der Waals surface area (Å²) in [5.41, 5.74) is 0.617. The minimum Gasteiger partial charge on any atom is -0.313 e. The van der Waals surface area contributed by atoms with Crippen molar-refractivity contribution in [1.82, 2.24) is 5.32 Å². The molecule has 0 spiro atoms. The van der Waals surface area contributed by atoms with Crippen LogP contribution in [-0.2, 0) is 16.3 Å². The SMILES string of the molecule is CCNC(Cc1cccc(F)c1Cl)CS(C)(=O)=O. The van der Waals surface area contributed by atoms with Gasteiger partial charge < -0.3 is 5.32 Å². The summed E-state index contributed by atoms with van der Waals surface area (Å²) in [4.78, 5) is 0. The first kappa shape index (κ1) is 15.4. The molecular formula is C12H17ClFNO2S. The molecule has 0 heterocycles. The lowest BCUT2D eigenvalue weighted by Gasteiger charge is -2.17. The summed E-state index contributed by atoms with van der Waals surface area (Å²) in [5, 5.41) is 3.14. The van der Waals surface area contributed by atoms with E-state index in [0.717, 1.165) is 0 Å². The van der Waals surface area contributed by atoms with Crippen LogP contribution in [0.1, 0.15) is 12.5 Å².